The molecule has 0 bridgehead atoms. The number of carbonyl (C=O) groups excluding carboxylic acids is 1. The second-order valence-electron chi connectivity index (χ2n) is 5.61. The maximum atomic E-state index is 12.3. The lowest BCUT2D eigenvalue weighted by atomic mass is 10.0. The second-order valence-corrected chi connectivity index (χ2v) is 6.97. The highest BCUT2D eigenvalue weighted by atomic mass is 35.5. The Kier molecular flexibility index (Phi) is 6.30. The molecule has 1 unspecified atom stereocenters. The van der Waals surface area contributed by atoms with E-state index < -0.39 is 0 Å². The van der Waals surface area contributed by atoms with Gasteiger partial charge in [0, 0.05) is 10.6 Å². The number of hydrogen-bond acceptors (Lipinski definition) is 5. The fraction of sp³-hybridized carbons (Fsp3) is 0.211. The van der Waals surface area contributed by atoms with Crippen LogP contribution in [0, 0.1) is 0 Å². The van der Waals surface area contributed by atoms with E-state index in [-0.39, 0.29) is 17.7 Å². The molecule has 0 saturated heterocycles. The van der Waals surface area contributed by atoms with Gasteiger partial charge in [0.2, 0.25) is 11.8 Å². The van der Waals surface area contributed by atoms with Crippen molar-refractivity contribution in [1.82, 2.24) is 15.5 Å². The molecule has 5 nitrogen and oxygen atoms in total. The van der Waals surface area contributed by atoms with Crippen molar-refractivity contribution in [3.63, 3.8) is 0 Å². The van der Waals surface area contributed by atoms with Crippen LogP contribution < -0.4 is 5.32 Å². The Bertz CT molecular complexity index is 853. The molecule has 134 valence electrons. The van der Waals surface area contributed by atoms with Gasteiger partial charge in [-0.3, -0.25) is 4.79 Å². The summed E-state index contributed by atoms with van der Waals surface area (Å²) in [5.74, 6) is 0.568. The Labute approximate surface area is 161 Å². The van der Waals surface area contributed by atoms with Crippen molar-refractivity contribution in [2.75, 3.05) is 5.75 Å². The van der Waals surface area contributed by atoms with Crippen molar-refractivity contribution in [3.05, 3.63) is 65.2 Å². The number of nitrogens with zero attached hydrogens (tertiary/aromatic N) is 2. The number of amides is 1. The van der Waals surface area contributed by atoms with Crippen LogP contribution >= 0.6 is 23.4 Å². The molecule has 0 aliphatic rings. The number of nitrogens with one attached hydrogen (secondary N) is 1. The normalized spacial score (nSPS) is 11.9. The van der Waals surface area contributed by atoms with Crippen LogP contribution in [0.4, 0.5) is 0 Å². The molecule has 1 atom stereocenters. The monoisotopic (exact) mass is 387 g/mol. The highest BCUT2D eigenvalue weighted by molar-refractivity contribution is 7.99. The fourth-order valence-corrected chi connectivity index (χ4v) is 3.15. The molecule has 0 aliphatic heterocycles. The first-order chi connectivity index (χ1) is 12.7. The van der Waals surface area contributed by atoms with Gasteiger partial charge in [-0.2, -0.15) is 0 Å². The molecule has 26 heavy (non-hydrogen) atoms. The summed E-state index contributed by atoms with van der Waals surface area (Å²) in [5.41, 5.74) is 1.88. The molecule has 1 heterocycles. The maximum Gasteiger partial charge on any atom is 0.277 e. The van der Waals surface area contributed by atoms with Gasteiger partial charge in [-0.1, -0.05) is 60.6 Å². The van der Waals surface area contributed by atoms with Gasteiger partial charge in [-0.25, -0.2) is 0 Å². The summed E-state index contributed by atoms with van der Waals surface area (Å²) in [5, 5.41) is 12.1. The SMILES string of the molecule is CCC(NC(=O)CSc1nnc(-c2ccccc2)o1)c1ccc(Cl)cc1. The van der Waals surface area contributed by atoms with Gasteiger partial charge in [0.25, 0.3) is 5.22 Å². The van der Waals surface area contributed by atoms with Crippen LogP contribution in [0.2, 0.25) is 5.02 Å². The summed E-state index contributed by atoms with van der Waals surface area (Å²) in [6.07, 6.45) is 0.788. The maximum absolute atomic E-state index is 12.3. The van der Waals surface area contributed by atoms with Crippen LogP contribution in [0.5, 0.6) is 0 Å². The average Bonchev–Trinajstić information content (AvgIpc) is 3.15. The van der Waals surface area contributed by atoms with Gasteiger partial charge in [-0.15, -0.1) is 10.2 Å². The topological polar surface area (TPSA) is 68.0 Å². The van der Waals surface area contributed by atoms with Crippen LogP contribution in [-0.4, -0.2) is 21.9 Å². The zero-order valence-electron chi connectivity index (χ0n) is 14.2. The summed E-state index contributed by atoms with van der Waals surface area (Å²) in [6, 6.07) is 17.0. The van der Waals surface area contributed by atoms with E-state index in [0.29, 0.717) is 16.1 Å². The second kappa shape index (κ2) is 8.87. The lowest BCUT2D eigenvalue weighted by Gasteiger charge is -2.17. The fourth-order valence-electron chi connectivity index (χ4n) is 2.44. The van der Waals surface area contributed by atoms with Crippen molar-refractivity contribution < 1.29 is 9.21 Å². The van der Waals surface area contributed by atoms with Crippen LogP contribution in [0.25, 0.3) is 11.5 Å². The van der Waals surface area contributed by atoms with E-state index in [0.717, 1.165) is 17.5 Å². The molecule has 1 amide bonds. The minimum absolute atomic E-state index is 0.0528. The minimum atomic E-state index is -0.0868. The van der Waals surface area contributed by atoms with Crippen molar-refractivity contribution in [2.24, 2.45) is 0 Å². The molecule has 0 radical (unpaired) electrons. The highest BCUT2D eigenvalue weighted by Gasteiger charge is 2.15. The molecule has 0 aliphatic carbocycles. The Balaban J connectivity index is 1.55. The number of aromatic nitrogens is 2. The van der Waals surface area contributed by atoms with Crippen molar-refractivity contribution in [3.8, 4) is 11.5 Å². The molecule has 1 aromatic heterocycles. The first-order valence-electron chi connectivity index (χ1n) is 8.22. The number of thioether (sulfide) groups is 1. The molecule has 3 rings (SSSR count). The predicted molar refractivity (Wildman–Crippen MR) is 103 cm³/mol. The van der Waals surface area contributed by atoms with Crippen LogP contribution in [0.15, 0.2) is 64.2 Å². The Hall–Kier alpha value is -2.31. The van der Waals surface area contributed by atoms with Crippen LogP contribution in [0.1, 0.15) is 24.9 Å². The van der Waals surface area contributed by atoms with E-state index >= 15 is 0 Å². The quantitative estimate of drug-likeness (QED) is 0.592. The van der Waals surface area contributed by atoms with Crippen LogP contribution in [0.3, 0.4) is 0 Å². The first kappa shape index (κ1) is 18.5. The van der Waals surface area contributed by atoms with E-state index in [1.807, 2.05) is 61.5 Å². The average molecular weight is 388 g/mol. The molecule has 2 aromatic carbocycles. The molecule has 3 aromatic rings. The number of halogens is 1. The summed E-state index contributed by atoms with van der Waals surface area (Å²) in [4.78, 5) is 12.3. The molecule has 0 spiro atoms. The number of rotatable bonds is 7. The lowest BCUT2D eigenvalue weighted by Crippen LogP contribution is -2.29. The zero-order chi connectivity index (χ0) is 18.4. The summed E-state index contributed by atoms with van der Waals surface area (Å²) < 4.78 is 5.60. The van der Waals surface area contributed by atoms with E-state index in [2.05, 4.69) is 15.5 Å². The van der Waals surface area contributed by atoms with Gasteiger partial charge < -0.3 is 9.73 Å². The third-order valence-electron chi connectivity index (χ3n) is 3.77. The Morgan fingerprint density at radius 3 is 2.58 bits per heavy atom. The molecular formula is C19H18ClN3O2S. The predicted octanol–water partition coefficient (Wildman–Crippen LogP) is 4.75. The third kappa shape index (κ3) is 4.86. The van der Waals surface area contributed by atoms with E-state index in [4.69, 9.17) is 16.0 Å². The van der Waals surface area contributed by atoms with Crippen molar-refractivity contribution in [2.45, 2.75) is 24.6 Å². The molecule has 0 saturated carbocycles. The zero-order valence-corrected chi connectivity index (χ0v) is 15.8. The van der Waals surface area contributed by atoms with Gasteiger partial charge >= 0.3 is 0 Å². The smallest absolute Gasteiger partial charge is 0.277 e. The largest absolute Gasteiger partial charge is 0.411 e. The van der Waals surface area contributed by atoms with E-state index in [1.165, 1.54) is 11.8 Å². The Morgan fingerprint density at radius 1 is 1.15 bits per heavy atom. The standard InChI is InChI=1S/C19H18ClN3O2S/c1-2-16(13-8-10-15(20)11-9-13)21-17(24)12-26-19-23-22-18(25-19)14-6-4-3-5-7-14/h3-11,16H,2,12H2,1H3,(H,21,24). The molecular weight excluding hydrogens is 370 g/mol. The number of benzene rings is 2. The molecule has 1 N–H and O–H groups in total. The Morgan fingerprint density at radius 2 is 1.88 bits per heavy atom. The van der Waals surface area contributed by atoms with E-state index in [9.17, 15) is 4.79 Å². The summed E-state index contributed by atoms with van der Waals surface area (Å²) in [7, 11) is 0. The molecule has 0 fully saturated rings. The van der Waals surface area contributed by atoms with E-state index in [1.54, 1.807) is 0 Å². The molecule has 7 heteroatoms. The van der Waals surface area contributed by atoms with Crippen molar-refractivity contribution >= 4 is 29.3 Å². The van der Waals surface area contributed by atoms with Gasteiger partial charge in [0.05, 0.1) is 11.8 Å². The highest BCUT2D eigenvalue weighted by Crippen LogP contribution is 2.23. The first-order valence-corrected chi connectivity index (χ1v) is 9.58. The van der Waals surface area contributed by atoms with Crippen LogP contribution in [-0.2, 0) is 4.79 Å². The van der Waals surface area contributed by atoms with Gasteiger partial charge in [0.15, 0.2) is 0 Å². The minimum Gasteiger partial charge on any atom is -0.411 e. The lowest BCUT2D eigenvalue weighted by molar-refractivity contribution is -0.119. The number of hydrogen-bond donors (Lipinski definition) is 1. The van der Waals surface area contributed by atoms with Gasteiger partial charge in [-0.05, 0) is 36.2 Å². The number of carbonyl (C=O) groups is 1. The van der Waals surface area contributed by atoms with Gasteiger partial charge in [0.1, 0.15) is 0 Å². The summed E-state index contributed by atoms with van der Waals surface area (Å²) in [6.45, 7) is 2.02. The summed E-state index contributed by atoms with van der Waals surface area (Å²) >= 11 is 7.14. The van der Waals surface area contributed by atoms with Crippen molar-refractivity contribution in [1.29, 1.82) is 0 Å². The third-order valence-corrected chi connectivity index (χ3v) is 4.84.